The molecule has 2 atom stereocenters. The minimum absolute atomic E-state index is 0.0408. The molecule has 2 unspecified atom stereocenters. The van der Waals surface area contributed by atoms with E-state index in [1.807, 2.05) is 55.9 Å². The van der Waals surface area contributed by atoms with E-state index in [0.29, 0.717) is 13.0 Å². The van der Waals surface area contributed by atoms with Gasteiger partial charge in [-0.15, -0.1) is 0 Å². The Morgan fingerprint density at radius 3 is 2.52 bits per heavy atom. The van der Waals surface area contributed by atoms with Crippen LogP contribution >= 0.6 is 11.8 Å². The fourth-order valence-electron chi connectivity index (χ4n) is 2.77. The highest BCUT2D eigenvalue weighted by Gasteiger charge is 2.28. The molecule has 2 rings (SSSR count). The largest absolute Gasteiger partial charge is 0.393 e. The lowest BCUT2D eigenvalue weighted by molar-refractivity contribution is -0.126. The fraction of sp³-hybridized carbons (Fsp3) is 0.611. The average molecular weight is 337 g/mol. The number of nitrogens with zero attached hydrogens (tertiary/aromatic N) is 1. The molecule has 1 fully saturated rings. The van der Waals surface area contributed by atoms with Crippen LogP contribution in [0.5, 0.6) is 0 Å². The predicted molar refractivity (Wildman–Crippen MR) is 96.6 cm³/mol. The van der Waals surface area contributed by atoms with E-state index >= 15 is 0 Å². The van der Waals surface area contributed by atoms with Crippen molar-refractivity contribution in [3.63, 3.8) is 0 Å². The van der Waals surface area contributed by atoms with Gasteiger partial charge < -0.3 is 10.4 Å². The Balaban J connectivity index is 2.00. The van der Waals surface area contributed by atoms with Crippen molar-refractivity contribution in [1.29, 1.82) is 0 Å². The Hall–Kier alpha value is -1.04. The lowest BCUT2D eigenvalue weighted by Gasteiger charge is -2.33. The molecule has 23 heavy (non-hydrogen) atoms. The molecule has 5 heteroatoms. The van der Waals surface area contributed by atoms with Crippen LogP contribution in [0.4, 0.5) is 0 Å². The first-order chi connectivity index (χ1) is 11.1. The SMILES string of the molecule is CC(C)C(O)CCNC(=O)C(c1ccccc1)N1CCSCC1. The molecule has 1 amide bonds. The minimum Gasteiger partial charge on any atom is -0.393 e. The zero-order chi connectivity index (χ0) is 16.7. The molecule has 0 spiro atoms. The number of thioether (sulfide) groups is 1. The lowest BCUT2D eigenvalue weighted by atomic mass is 10.0. The van der Waals surface area contributed by atoms with E-state index in [0.717, 1.165) is 30.2 Å². The average Bonchev–Trinajstić information content (AvgIpc) is 2.57. The number of hydrogen-bond donors (Lipinski definition) is 2. The standard InChI is InChI=1S/C18H28N2O2S/c1-14(2)16(21)8-9-19-18(22)17(15-6-4-3-5-7-15)20-10-12-23-13-11-20/h3-7,14,16-17,21H,8-13H2,1-2H3,(H,19,22). The number of carbonyl (C=O) groups excluding carboxylic acids is 1. The zero-order valence-electron chi connectivity index (χ0n) is 14.1. The Labute approximate surface area is 143 Å². The number of benzene rings is 1. The molecule has 1 aliphatic heterocycles. The van der Waals surface area contributed by atoms with E-state index in [1.165, 1.54) is 0 Å². The second-order valence-electron chi connectivity index (χ2n) is 6.35. The maximum absolute atomic E-state index is 12.8. The van der Waals surface area contributed by atoms with Crippen LogP contribution < -0.4 is 5.32 Å². The van der Waals surface area contributed by atoms with Crippen molar-refractivity contribution < 1.29 is 9.90 Å². The van der Waals surface area contributed by atoms with Gasteiger partial charge in [-0.3, -0.25) is 9.69 Å². The van der Waals surface area contributed by atoms with Crippen LogP contribution in [0.3, 0.4) is 0 Å². The Kier molecular flexibility index (Phi) is 7.40. The van der Waals surface area contributed by atoms with E-state index in [-0.39, 0.29) is 24.0 Å². The summed E-state index contributed by atoms with van der Waals surface area (Å²) in [4.78, 5) is 15.0. The van der Waals surface area contributed by atoms with Gasteiger partial charge in [-0.05, 0) is 17.9 Å². The highest BCUT2D eigenvalue weighted by atomic mass is 32.2. The summed E-state index contributed by atoms with van der Waals surface area (Å²) in [5, 5.41) is 12.9. The first-order valence-corrected chi connectivity index (χ1v) is 9.57. The number of carbonyl (C=O) groups is 1. The van der Waals surface area contributed by atoms with Gasteiger partial charge in [0, 0.05) is 31.1 Å². The van der Waals surface area contributed by atoms with Crippen molar-refractivity contribution in [1.82, 2.24) is 10.2 Å². The summed E-state index contributed by atoms with van der Waals surface area (Å²) in [6.45, 7) is 6.37. The van der Waals surface area contributed by atoms with E-state index in [2.05, 4.69) is 10.2 Å². The Bertz CT molecular complexity index is 475. The highest BCUT2D eigenvalue weighted by molar-refractivity contribution is 7.99. The molecule has 1 saturated heterocycles. The smallest absolute Gasteiger partial charge is 0.241 e. The van der Waals surface area contributed by atoms with Crippen molar-refractivity contribution in [3.05, 3.63) is 35.9 Å². The van der Waals surface area contributed by atoms with Crippen LogP contribution in [0.1, 0.15) is 31.9 Å². The van der Waals surface area contributed by atoms with Gasteiger partial charge in [-0.25, -0.2) is 0 Å². The summed E-state index contributed by atoms with van der Waals surface area (Å²) >= 11 is 1.94. The molecule has 1 aromatic rings. The van der Waals surface area contributed by atoms with Crippen molar-refractivity contribution in [2.24, 2.45) is 5.92 Å². The van der Waals surface area contributed by atoms with Crippen LogP contribution in [0, 0.1) is 5.92 Å². The fourth-order valence-corrected chi connectivity index (χ4v) is 3.70. The van der Waals surface area contributed by atoms with Crippen molar-refractivity contribution in [2.75, 3.05) is 31.1 Å². The quantitative estimate of drug-likeness (QED) is 0.802. The molecule has 4 nitrogen and oxygen atoms in total. The van der Waals surface area contributed by atoms with Crippen LogP contribution in [0.2, 0.25) is 0 Å². The number of aliphatic hydroxyl groups excluding tert-OH is 1. The summed E-state index contributed by atoms with van der Waals surface area (Å²) in [6, 6.07) is 9.76. The van der Waals surface area contributed by atoms with E-state index in [4.69, 9.17) is 0 Å². The number of aliphatic hydroxyl groups is 1. The van der Waals surface area contributed by atoms with E-state index in [9.17, 15) is 9.90 Å². The third-order valence-electron chi connectivity index (χ3n) is 4.28. The second-order valence-corrected chi connectivity index (χ2v) is 7.58. The summed E-state index contributed by atoms with van der Waals surface area (Å²) in [5.74, 6) is 2.40. The maximum atomic E-state index is 12.8. The van der Waals surface area contributed by atoms with Gasteiger partial charge in [0.05, 0.1) is 6.10 Å². The van der Waals surface area contributed by atoms with Crippen LogP contribution in [-0.2, 0) is 4.79 Å². The molecular weight excluding hydrogens is 308 g/mol. The Morgan fingerprint density at radius 2 is 1.91 bits per heavy atom. The molecule has 0 radical (unpaired) electrons. The zero-order valence-corrected chi connectivity index (χ0v) is 14.9. The van der Waals surface area contributed by atoms with Gasteiger partial charge in [0.15, 0.2) is 0 Å². The summed E-state index contributed by atoms with van der Waals surface area (Å²) in [7, 11) is 0. The lowest BCUT2D eigenvalue weighted by Crippen LogP contribution is -2.44. The third-order valence-corrected chi connectivity index (χ3v) is 5.23. The minimum atomic E-state index is -0.364. The topological polar surface area (TPSA) is 52.6 Å². The van der Waals surface area contributed by atoms with Gasteiger partial charge in [0.25, 0.3) is 0 Å². The molecule has 0 aliphatic carbocycles. The van der Waals surface area contributed by atoms with Gasteiger partial charge in [0.2, 0.25) is 5.91 Å². The monoisotopic (exact) mass is 336 g/mol. The first kappa shape index (κ1) is 18.3. The number of rotatable bonds is 7. The molecule has 0 saturated carbocycles. The van der Waals surface area contributed by atoms with Crippen molar-refractivity contribution in [2.45, 2.75) is 32.4 Å². The molecule has 128 valence electrons. The molecule has 1 aliphatic rings. The highest BCUT2D eigenvalue weighted by Crippen LogP contribution is 2.24. The van der Waals surface area contributed by atoms with Gasteiger partial charge in [0.1, 0.15) is 6.04 Å². The van der Waals surface area contributed by atoms with Gasteiger partial charge >= 0.3 is 0 Å². The summed E-state index contributed by atoms with van der Waals surface area (Å²) < 4.78 is 0. The molecule has 0 bridgehead atoms. The van der Waals surface area contributed by atoms with Gasteiger partial charge in [-0.1, -0.05) is 44.2 Å². The van der Waals surface area contributed by atoms with Gasteiger partial charge in [-0.2, -0.15) is 11.8 Å². The normalized spacial score (nSPS) is 18.6. The van der Waals surface area contributed by atoms with Crippen LogP contribution in [-0.4, -0.2) is 53.2 Å². The first-order valence-electron chi connectivity index (χ1n) is 8.42. The third kappa shape index (κ3) is 5.52. The second kappa shape index (κ2) is 9.30. The van der Waals surface area contributed by atoms with Crippen LogP contribution in [0.25, 0.3) is 0 Å². The molecule has 2 N–H and O–H groups in total. The number of amides is 1. The van der Waals surface area contributed by atoms with Crippen LogP contribution in [0.15, 0.2) is 30.3 Å². The molecular formula is C18H28N2O2S. The Morgan fingerprint density at radius 1 is 1.26 bits per heavy atom. The maximum Gasteiger partial charge on any atom is 0.241 e. The predicted octanol–water partition coefficient (Wildman–Crippen LogP) is 2.30. The molecule has 1 aromatic carbocycles. The van der Waals surface area contributed by atoms with Crippen molar-refractivity contribution in [3.8, 4) is 0 Å². The van der Waals surface area contributed by atoms with E-state index < -0.39 is 0 Å². The van der Waals surface area contributed by atoms with Crippen molar-refractivity contribution >= 4 is 17.7 Å². The summed E-state index contributed by atoms with van der Waals surface area (Å²) in [5.41, 5.74) is 1.04. The van der Waals surface area contributed by atoms with E-state index in [1.54, 1.807) is 0 Å². The molecule has 0 aromatic heterocycles. The number of nitrogens with one attached hydrogen (secondary N) is 1. The summed E-state index contributed by atoms with van der Waals surface area (Å²) in [6.07, 6.45) is 0.234. The molecule has 1 heterocycles. The number of hydrogen-bond acceptors (Lipinski definition) is 4.